The van der Waals surface area contributed by atoms with E-state index < -0.39 is 0 Å². The number of carbonyl (C=O) groups is 1. The molecule has 3 heteroatoms. The van der Waals surface area contributed by atoms with Crippen LogP contribution >= 0.6 is 0 Å². The van der Waals surface area contributed by atoms with Crippen molar-refractivity contribution in [2.75, 3.05) is 6.54 Å². The van der Waals surface area contributed by atoms with E-state index in [1.165, 1.54) is 18.4 Å². The summed E-state index contributed by atoms with van der Waals surface area (Å²) in [6, 6.07) is 10.4. The van der Waals surface area contributed by atoms with E-state index in [4.69, 9.17) is 5.73 Å². The summed E-state index contributed by atoms with van der Waals surface area (Å²) in [6.07, 6.45) is 3.22. The maximum absolute atomic E-state index is 12.1. The molecule has 18 heavy (non-hydrogen) atoms. The fourth-order valence-corrected chi connectivity index (χ4v) is 2.29. The topological polar surface area (TPSA) is 55.1 Å². The number of nitrogens with two attached hydrogens (primary N) is 1. The van der Waals surface area contributed by atoms with Crippen LogP contribution in [0.25, 0.3) is 0 Å². The molecule has 2 unspecified atom stereocenters. The molecule has 3 nitrogen and oxygen atoms in total. The van der Waals surface area contributed by atoms with Gasteiger partial charge in [-0.25, -0.2) is 0 Å². The first-order chi connectivity index (χ1) is 8.76. The molecule has 1 fully saturated rings. The molecule has 0 radical (unpaired) electrons. The maximum atomic E-state index is 12.1. The Hall–Kier alpha value is -1.35. The molecule has 1 aromatic rings. The maximum Gasteiger partial charge on any atom is 0.224 e. The summed E-state index contributed by atoms with van der Waals surface area (Å²) >= 11 is 0. The summed E-state index contributed by atoms with van der Waals surface area (Å²) in [5.74, 6) is 0.641. The molecule has 0 heterocycles. The second-order valence-corrected chi connectivity index (χ2v) is 5.08. The van der Waals surface area contributed by atoms with Crippen molar-refractivity contribution < 1.29 is 4.79 Å². The summed E-state index contributed by atoms with van der Waals surface area (Å²) in [5.41, 5.74) is 6.84. The van der Waals surface area contributed by atoms with E-state index in [-0.39, 0.29) is 17.9 Å². The van der Waals surface area contributed by atoms with Crippen LogP contribution in [0.1, 0.15) is 37.8 Å². The molecule has 1 saturated carbocycles. The van der Waals surface area contributed by atoms with Gasteiger partial charge in [0.05, 0.1) is 6.04 Å². The highest BCUT2D eigenvalue weighted by atomic mass is 16.2. The van der Waals surface area contributed by atoms with Gasteiger partial charge in [-0.3, -0.25) is 4.79 Å². The highest BCUT2D eigenvalue weighted by Crippen LogP contribution is 2.41. The van der Waals surface area contributed by atoms with Crippen molar-refractivity contribution >= 4 is 5.91 Å². The zero-order chi connectivity index (χ0) is 13.0. The van der Waals surface area contributed by atoms with Crippen molar-refractivity contribution in [1.82, 2.24) is 5.32 Å². The number of rotatable bonds is 6. The van der Waals surface area contributed by atoms with E-state index in [1.54, 1.807) is 0 Å². The Kier molecular flexibility index (Phi) is 4.37. The zero-order valence-electron chi connectivity index (χ0n) is 10.9. The monoisotopic (exact) mass is 246 g/mol. The standard InChI is InChI=1S/C15H22N2O/c1-2-11(10-16)15(18)17-14(13-8-9-13)12-6-4-3-5-7-12/h3-7,11,13-14H,2,8-10,16H2,1H3,(H,17,18). The van der Waals surface area contributed by atoms with Crippen molar-refractivity contribution in [3.05, 3.63) is 35.9 Å². The predicted molar refractivity (Wildman–Crippen MR) is 72.9 cm³/mol. The average molecular weight is 246 g/mol. The van der Waals surface area contributed by atoms with Crippen LogP contribution in [-0.4, -0.2) is 12.5 Å². The third kappa shape index (κ3) is 3.10. The Bertz CT molecular complexity index is 383. The summed E-state index contributed by atoms with van der Waals surface area (Å²) < 4.78 is 0. The van der Waals surface area contributed by atoms with Crippen LogP contribution in [0, 0.1) is 11.8 Å². The van der Waals surface area contributed by atoms with Crippen LogP contribution in [0.15, 0.2) is 30.3 Å². The smallest absolute Gasteiger partial charge is 0.224 e. The van der Waals surface area contributed by atoms with Gasteiger partial charge in [0.2, 0.25) is 5.91 Å². The zero-order valence-corrected chi connectivity index (χ0v) is 10.9. The third-order valence-corrected chi connectivity index (χ3v) is 3.70. The van der Waals surface area contributed by atoms with E-state index in [1.807, 2.05) is 25.1 Å². The SMILES string of the molecule is CCC(CN)C(=O)NC(c1ccccc1)C1CC1. The summed E-state index contributed by atoms with van der Waals surface area (Å²) in [4.78, 5) is 12.1. The Morgan fingerprint density at radius 3 is 2.56 bits per heavy atom. The second-order valence-electron chi connectivity index (χ2n) is 5.08. The lowest BCUT2D eigenvalue weighted by Crippen LogP contribution is -2.37. The Labute approximate surface area is 109 Å². The molecule has 1 aliphatic rings. The number of benzene rings is 1. The lowest BCUT2D eigenvalue weighted by atomic mass is 10.00. The summed E-state index contributed by atoms with van der Waals surface area (Å²) in [5, 5.41) is 3.18. The molecule has 0 bridgehead atoms. The molecule has 1 aliphatic carbocycles. The van der Waals surface area contributed by atoms with Crippen LogP contribution in [-0.2, 0) is 4.79 Å². The van der Waals surface area contributed by atoms with E-state index >= 15 is 0 Å². The molecule has 3 N–H and O–H groups in total. The van der Waals surface area contributed by atoms with Gasteiger partial charge in [0.1, 0.15) is 0 Å². The van der Waals surface area contributed by atoms with E-state index in [0.717, 1.165) is 6.42 Å². The number of amides is 1. The molecule has 0 saturated heterocycles. The van der Waals surface area contributed by atoms with Gasteiger partial charge in [-0.2, -0.15) is 0 Å². The average Bonchev–Trinajstić information content (AvgIpc) is 3.23. The highest BCUT2D eigenvalue weighted by Gasteiger charge is 2.34. The largest absolute Gasteiger partial charge is 0.349 e. The first kappa shape index (κ1) is 13.1. The quantitative estimate of drug-likeness (QED) is 0.808. The molecule has 1 amide bonds. The molecule has 98 valence electrons. The van der Waals surface area contributed by atoms with Gasteiger partial charge in [-0.05, 0) is 30.7 Å². The normalized spacial score (nSPS) is 18.1. The lowest BCUT2D eigenvalue weighted by molar-refractivity contribution is -0.125. The first-order valence-corrected chi connectivity index (χ1v) is 6.81. The van der Waals surface area contributed by atoms with Crippen LogP contribution in [0.4, 0.5) is 0 Å². The van der Waals surface area contributed by atoms with Crippen molar-refractivity contribution in [2.24, 2.45) is 17.6 Å². The van der Waals surface area contributed by atoms with E-state index in [0.29, 0.717) is 12.5 Å². The molecule has 0 aromatic heterocycles. The van der Waals surface area contributed by atoms with Crippen LogP contribution in [0.5, 0.6) is 0 Å². The lowest BCUT2D eigenvalue weighted by Gasteiger charge is -2.21. The van der Waals surface area contributed by atoms with Gasteiger partial charge in [-0.15, -0.1) is 0 Å². The number of hydrogen-bond donors (Lipinski definition) is 2. The molecular formula is C15H22N2O. The summed E-state index contributed by atoms with van der Waals surface area (Å²) in [6.45, 7) is 2.43. The molecule has 2 atom stereocenters. The Morgan fingerprint density at radius 1 is 1.39 bits per heavy atom. The van der Waals surface area contributed by atoms with Gasteiger partial charge < -0.3 is 11.1 Å². The second kappa shape index (κ2) is 6.01. The fraction of sp³-hybridized carbons (Fsp3) is 0.533. The minimum Gasteiger partial charge on any atom is -0.349 e. The van der Waals surface area contributed by atoms with Crippen molar-refractivity contribution in [2.45, 2.75) is 32.2 Å². The Balaban J connectivity index is 2.06. The van der Waals surface area contributed by atoms with E-state index in [2.05, 4.69) is 17.4 Å². The molecular weight excluding hydrogens is 224 g/mol. The number of carbonyl (C=O) groups excluding carboxylic acids is 1. The highest BCUT2D eigenvalue weighted by molar-refractivity contribution is 5.79. The molecule has 1 aromatic carbocycles. The molecule has 0 spiro atoms. The van der Waals surface area contributed by atoms with Crippen molar-refractivity contribution in [1.29, 1.82) is 0 Å². The van der Waals surface area contributed by atoms with Gasteiger partial charge in [0, 0.05) is 12.5 Å². The van der Waals surface area contributed by atoms with Crippen LogP contribution in [0.2, 0.25) is 0 Å². The molecule has 2 rings (SSSR count). The first-order valence-electron chi connectivity index (χ1n) is 6.81. The number of hydrogen-bond acceptors (Lipinski definition) is 2. The Morgan fingerprint density at radius 2 is 2.06 bits per heavy atom. The predicted octanol–water partition coefficient (Wildman–Crippen LogP) is 2.24. The van der Waals surface area contributed by atoms with Crippen LogP contribution in [0.3, 0.4) is 0 Å². The van der Waals surface area contributed by atoms with Gasteiger partial charge in [-0.1, -0.05) is 37.3 Å². The van der Waals surface area contributed by atoms with Crippen molar-refractivity contribution in [3.63, 3.8) is 0 Å². The summed E-state index contributed by atoms with van der Waals surface area (Å²) in [7, 11) is 0. The van der Waals surface area contributed by atoms with Gasteiger partial charge >= 0.3 is 0 Å². The minimum atomic E-state index is -0.0602. The van der Waals surface area contributed by atoms with Crippen LogP contribution < -0.4 is 11.1 Å². The van der Waals surface area contributed by atoms with Gasteiger partial charge in [0.15, 0.2) is 0 Å². The third-order valence-electron chi connectivity index (χ3n) is 3.70. The number of nitrogens with one attached hydrogen (secondary N) is 1. The molecule has 0 aliphatic heterocycles. The fourth-order valence-electron chi connectivity index (χ4n) is 2.29. The van der Waals surface area contributed by atoms with Gasteiger partial charge in [0.25, 0.3) is 0 Å². The minimum absolute atomic E-state index is 0.0602. The van der Waals surface area contributed by atoms with Crippen molar-refractivity contribution in [3.8, 4) is 0 Å². The van der Waals surface area contributed by atoms with E-state index in [9.17, 15) is 4.79 Å².